The fourth-order valence-corrected chi connectivity index (χ4v) is 3.07. The van der Waals surface area contributed by atoms with Gasteiger partial charge < -0.3 is 4.74 Å². The van der Waals surface area contributed by atoms with Crippen LogP contribution in [-0.4, -0.2) is 17.7 Å². The molecule has 0 unspecified atom stereocenters. The summed E-state index contributed by atoms with van der Waals surface area (Å²) in [6.07, 6.45) is 2.81. The lowest BCUT2D eigenvalue weighted by Gasteiger charge is -2.13. The Morgan fingerprint density at radius 2 is 2.00 bits per heavy atom. The van der Waals surface area contributed by atoms with Crippen LogP contribution < -0.4 is 10.2 Å². The average Bonchev–Trinajstić information content (AvgIpc) is 3.07. The molecule has 2 aromatic carbocycles. The number of fused-ring (bicyclic) bond motifs is 1. The number of carbonyl (C=O) groups is 1. The summed E-state index contributed by atoms with van der Waals surface area (Å²) in [7, 11) is 0. The second kappa shape index (κ2) is 7.70. The van der Waals surface area contributed by atoms with Crippen LogP contribution >= 0.6 is 11.6 Å². The molecule has 1 atom stereocenters. The maximum absolute atomic E-state index is 12.2. The van der Waals surface area contributed by atoms with Gasteiger partial charge in [0, 0.05) is 5.02 Å². The first-order chi connectivity index (χ1) is 12.0. The highest BCUT2D eigenvalue weighted by molar-refractivity contribution is 6.30. The zero-order chi connectivity index (χ0) is 17.8. The predicted octanol–water partition coefficient (Wildman–Crippen LogP) is 4.14. The van der Waals surface area contributed by atoms with Crippen LogP contribution in [0.25, 0.3) is 0 Å². The highest BCUT2D eigenvalue weighted by Crippen LogP contribution is 2.23. The molecule has 25 heavy (non-hydrogen) atoms. The predicted molar refractivity (Wildman–Crippen MR) is 100 cm³/mol. The van der Waals surface area contributed by atoms with E-state index in [9.17, 15) is 4.79 Å². The molecular formula is C20H21ClN2O2. The van der Waals surface area contributed by atoms with E-state index in [0.717, 1.165) is 24.1 Å². The Morgan fingerprint density at radius 3 is 2.80 bits per heavy atom. The molecule has 130 valence electrons. The Hall–Kier alpha value is -2.33. The average molecular weight is 357 g/mol. The fraction of sp³-hybridized carbons (Fsp3) is 0.300. The van der Waals surface area contributed by atoms with Gasteiger partial charge in [-0.15, -0.1) is 0 Å². The van der Waals surface area contributed by atoms with E-state index in [1.165, 1.54) is 17.5 Å². The number of nitrogens with zero attached hydrogens (tertiary/aromatic N) is 1. The van der Waals surface area contributed by atoms with Crippen molar-refractivity contribution in [2.45, 2.75) is 39.2 Å². The molecule has 3 rings (SSSR count). The summed E-state index contributed by atoms with van der Waals surface area (Å²) in [6, 6.07) is 13.3. The second-order valence-electron chi connectivity index (χ2n) is 6.23. The number of hydrogen-bond acceptors (Lipinski definition) is 3. The molecule has 0 heterocycles. The molecule has 0 radical (unpaired) electrons. The van der Waals surface area contributed by atoms with Crippen LogP contribution in [0.1, 0.15) is 37.0 Å². The molecule has 0 saturated carbocycles. The normalized spacial score (nSPS) is 14.8. The number of benzene rings is 2. The van der Waals surface area contributed by atoms with Gasteiger partial charge in [-0.3, -0.25) is 4.79 Å². The lowest BCUT2D eigenvalue weighted by atomic mass is 10.0. The van der Waals surface area contributed by atoms with E-state index < -0.39 is 6.10 Å². The number of hydrazone groups is 1. The van der Waals surface area contributed by atoms with Crippen LogP contribution in [0.4, 0.5) is 0 Å². The highest BCUT2D eigenvalue weighted by Gasteiger charge is 2.15. The third-order valence-electron chi connectivity index (χ3n) is 4.33. The van der Waals surface area contributed by atoms with Crippen molar-refractivity contribution in [3.8, 4) is 5.75 Å². The molecule has 5 heteroatoms. The van der Waals surface area contributed by atoms with Crippen LogP contribution in [0.15, 0.2) is 47.6 Å². The van der Waals surface area contributed by atoms with Crippen molar-refractivity contribution >= 4 is 23.2 Å². The number of halogens is 1. The van der Waals surface area contributed by atoms with Gasteiger partial charge in [-0.05, 0) is 74.1 Å². The minimum atomic E-state index is -0.671. The molecule has 0 aliphatic heterocycles. The Labute approximate surface area is 152 Å². The first-order valence-electron chi connectivity index (χ1n) is 8.41. The number of rotatable bonds is 5. The van der Waals surface area contributed by atoms with Crippen LogP contribution in [-0.2, 0) is 17.6 Å². The van der Waals surface area contributed by atoms with Gasteiger partial charge in [-0.2, -0.15) is 5.10 Å². The van der Waals surface area contributed by atoms with Crippen molar-refractivity contribution in [2.75, 3.05) is 0 Å². The van der Waals surface area contributed by atoms with Crippen molar-refractivity contribution in [1.82, 2.24) is 5.43 Å². The number of carbonyl (C=O) groups excluding carboxylic acids is 1. The van der Waals surface area contributed by atoms with E-state index in [1.54, 1.807) is 31.2 Å². The molecule has 0 bridgehead atoms. The number of aryl methyl sites for hydroxylation is 2. The van der Waals surface area contributed by atoms with E-state index in [0.29, 0.717) is 10.8 Å². The number of amides is 1. The van der Waals surface area contributed by atoms with Gasteiger partial charge in [0.05, 0.1) is 5.71 Å². The van der Waals surface area contributed by atoms with E-state index in [1.807, 2.05) is 6.92 Å². The molecule has 0 spiro atoms. The molecule has 1 aliphatic rings. The van der Waals surface area contributed by atoms with Crippen molar-refractivity contribution in [2.24, 2.45) is 5.10 Å². The van der Waals surface area contributed by atoms with Crippen molar-refractivity contribution in [3.63, 3.8) is 0 Å². The lowest BCUT2D eigenvalue weighted by Crippen LogP contribution is -2.33. The zero-order valence-electron chi connectivity index (χ0n) is 14.4. The number of hydrogen-bond donors (Lipinski definition) is 1. The van der Waals surface area contributed by atoms with Crippen LogP contribution in [0.2, 0.25) is 5.02 Å². The summed E-state index contributed by atoms with van der Waals surface area (Å²) >= 11 is 5.92. The summed E-state index contributed by atoms with van der Waals surface area (Å²) in [5, 5.41) is 4.78. The maximum atomic E-state index is 12.2. The SMILES string of the molecule is C/C(=N\NC(=O)[C@@H](C)Oc1cccc(Cl)c1)c1ccc2c(c1)CCC2. The second-order valence-corrected chi connectivity index (χ2v) is 6.66. The standard InChI is InChI=1S/C20H21ClN2O2/c1-13(16-10-9-15-5-3-6-17(15)11-16)22-23-20(24)14(2)25-19-8-4-7-18(21)12-19/h4,7-12,14H,3,5-6H2,1-2H3,(H,23,24)/b22-13+/t14-/m1/s1. The topological polar surface area (TPSA) is 50.7 Å². The lowest BCUT2D eigenvalue weighted by molar-refractivity contribution is -0.127. The van der Waals surface area contributed by atoms with Crippen LogP contribution in [0.5, 0.6) is 5.75 Å². The number of nitrogens with one attached hydrogen (secondary N) is 1. The maximum Gasteiger partial charge on any atom is 0.280 e. The Kier molecular flexibility index (Phi) is 5.39. The van der Waals surface area contributed by atoms with E-state index in [2.05, 4.69) is 28.7 Å². The molecule has 1 amide bonds. The molecule has 1 aliphatic carbocycles. The minimum absolute atomic E-state index is 0.305. The zero-order valence-corrected chi connectivity index (χ0v) is 15.1. The molecule has 1 N–H and O–H groups in total. The minimum Gasteiger partial charge on any atom is -0.481 e. The summed E-state index contributed by atoms with van der Waals surface area (Å²) in [4.78, 5) is 12.2. The Morgan fingerprint density at radius 1 is 1.20 bits per heavy atom. The van der Waals surface area contributed by atoms with E-state index in [-0.39, 0.29) is 5.91 Å². The van der Waals surface area contributed by atoms with Gasteiger partial charge in [0.1, 0.15) is 5.75 Å². The Bertz CT molecular complexity index is 817. The molecule has 4 nitrogen and oxygen atoms in total. The van der Waals surface area contributed by atoms with Crippen LogP contribution in [0.3, 0.4) is 0 Å². The first kappa shape index (κ1) is 17.5. The molecule has 0 saturated heterocycles. The van der Waals surface area contributed by atoms with Crippen molar-refractivity contribution < 1.29 is 9.53 Å². The van der Waals surface area contributed by atoms with Crippen molar-refractivity contribution in [3.05, 3.63) is 64.2 Å². The summed E-state index contributed by atoms with van der Waals surface area (Å²) < 4.78 is 5.59. The first-order valence-corrected chi connectivity index (χ1v) is 8.79. The monoisotopic (exact) mass is 356 g/mol. The molecule has 0 fully saturated rings. The summed E-state index contributed by atoms with van der Waals surface area (Å²) in [5.41, 5.74) is 7.19. The summed E-state index contributed by atoms with van der Waals surface area (Å²) in [5.74, 6) is 0.245. The smallest absolute Gasteiger partial charge is 0.280 e. The van der Waals surface area contributed by atoms with E-state index >= 15 is 0 Å². The number of ether oxygens (including phenoxy) is 1. The van der Waals surface area contributed by atoms with Gasteiger partial charge in [0.25, 0.3) is 5.91 Å². The van der Waals surface area contributed by atoms with Gasteiger partial charge in [0.2, 0.25) is 0 Å². The van der Waals surface area contributed by atoms with Gasteiger partial charge in [-0.1, -0.05) is 29.8 Å². The van der Waals surface area contributed by atoms with Gasteiger partial charge in [0.15, 0.2) is 6.10 Å². The fourth-order valence-electron chi connectivity index (χ4n) is 2.89. The molecule has 2 aromatic rings. The molecule has 0 aromatic heterocycles. The van der Waals surface area contributed by atoms with Gasteiger partial charge in [-0.25, -0.2) is 5.43 Å². The third-order valence-corrected chi connectivity index (χ3v) is 4.56. The van der Waals surface area contributed by atoms with Gasteiger partial charge >= 0.3 is 0 Å². The third kappa shape index (κ3) is 4.40. The summed E-state index contributed by atoms with van der Waals surface area (Å²) in [6.45, 7) is 3.57. The highest BCUT2D eigenvalue weighted by atomic mass is 35.5. The largest absolute Gasteiger partial charge is 0.481 e. The quantitative estimate of drug-likeness (QED) is 0.646. The van der Waals surface area contributed by atoms with Crippen molar-refractivity contribution in [1.29, 1.82) is 0 Å². The van der Waals surface area contributed by atoms with E-state index in [4.69, 9.17) is 16.3 Å². The van der Waals surface area contributed by atoms with Crippen LogP contribution in [0, 0.1) is 0 Å². The molecular weight excluding hydrogens is 336 g/mol. The Balaban J connectivity index is 1.61.